The van der Waals surface area contributed by atoms with Crippen molar-refractivity contribution in [1.29, 1.82) is 0 Å². The molecule has 0 aromatic carbocycles. The highest BCUT2D eigenvalue weighted by Crippen LogP contribution is 2.38. The van der Waals surface area contributed by atoms with Gasteiger partial charge in [0.15, 0.2) is 0 Å². The van der Waals surface area contributed by atoms with E-state index in [4.69, 9.17) is 0 Å². The Hall–Kier alpha value is -0.0400. The van der Waals surface area contributed by atoms with Crippen LogP contribution >= 0.6 is 0 Å². The molecule has 1 unspecified atom stereocenters. The maximum Gasteiger partial charge on any atom is 0.00979 e. The zero-order valence-electron chi connectivity index (χ0n) is 9.60. The van der Waals surface area contributed by atoms with Gasteiger partial charge in [-0.15, -0.1) is 0 Å². The van der Waals surface area contributed by atoms with Crippen molar-refractivity contribution in [3.8, 4) is 0 Å². The molecule has 0 saturated heterocycles. The number of hydrogen-bond acceptors (Lipinski definition) is 1. The van der Waals surface area contributed by atoms with Crippen LogP contribution in [0.5, 0.6) is 0 Å². The van der Waals surface area contributed by atoms with Crippen molar-refractivity contribution in [3.63, 3.8) is 0 Å². The first kappa shape index (κ1) is 10.5. The van der Waals surface area contributed by atoms with E-state index < -0.39 is 0 Å². The second-order valence-electron chi connectivity index (χ2n) is 5.28. The van der Waals surface area contributed by atoms with Gasteiger partial charge in [-0.25, -0.2) is 0 Å². The molecule has 0 heterocycles. The van der Waals surface area contributed by atoms with E-state index in [0.717, 1.165) is 17.9 Å². The van der Waals surface area contributed by atoms with Gasteiger partial charge in [-0.05, 0) is 44.1 Å². The molecule has 0 bridgehead atoms. The lowest BCUT2D eigenvalue weighted by Gasteiger charge is -2.24. The third-order valence-corrected chi connectivity index (χ3v) is 3.91. The maximum atomic E-state index is 3.78. The van der Waals surface area contributed by atoms with E-state index in [9.17, 15) is 0 Å². The van der Waals surface area contributed by atoms with Gasteiger partial charge in [-0.1, -0.05) is 32.6 Å². The van der Waals surface area contributed by atoms with Crippen LogP contribution in [0, 0.1) is 11.8 Å². The van der Waals surface area contributed by atoms with Crippen molar-refractivity contribution >= 4 is 0 Å². The topological polar surface area (TPSA) is 12.0 Å². The van der Waals surface area contributed by atoms with Crippen molar-refractivity contribution in [2.75, 3.05) is 6.54 Å². The third kappa shape index (κ3) is 2.98. The van der Waals surface area contributed by atoms with Crippen molar-refractivity contribution in [2.24, 2.45) is 11.8 Å². The molecule has 0 aliphatic heterocycles. The molecule has 0 radical (unpaired) electrons. The highest BCUT2D eigenvalue weighted by atomic mass is 14.9. The van der Waals surface area contributed by atoms with Gasteiger partial charge in [0.25, 0.3) is 0 Å². The van der Waals surface area contributed by atoms with Gasteiger partial charge in [0, 0.05) is 6.04 Å². The molecule has 2 aliphatic rings. The monoisotopic (exact) mass is 195 g/mol. The van der Waals surface area contributed by atoms with Gasteiger partial charge in [0.2, 0.25) is 0 Å². The van der Waals surface area contributed by atoms with Gasteiger partial charge in [-0.2, -0.15) is 0 Å². The van der Waals surface area contributed by atoms with Crippen molar-refractivity contribution in [2.45, 2.75) is 64.3 Å². The van der Waals surface area contributed by atoms with E-state index in [0.29, 0.717) is 0 Å². The Bertz CT molecular complexity index is 157. The van der Waals surface area contributed by atoms with Crippen LogP contribution in [0.25, 0.3) is 0 Å². The highest BCUT2D eigenvalue weighted by Gasteiger charge is 2.30. The Morgan fingerprint density at radius 1 is 1.14 bits per heavy atom. The minimum atomic E-state index is 0.866. The second-order valence-corrected chi connectivity index (χ2v) is 5.28. The van der Waals surface area contributed by atoms with Crippen LogP contribution in [0.4, 0.5) is 0 Å². The van der Waals surface area contributed by atoms with E-state index in [1.807, 2.05) is 0 Å². The predicted octanol–water partition coefficient (Wildman–Crippen LogP) is 3.34. The summed E-state index contributed by atoms with van der Waals surface area (Å²) in [6.07, 6.45) is 11.7. The summed E-state index contributed by atoms with van der Waals surface area (Å²) in [5.41, 5.74) is 0. The minimum Gasteiger partial charge on any atom is -0.314 e. The molecular weight excluding hydrogens is 170 g/mol. The molecule has 2 saturated carbocycles. The lowest BCUT2D eigenvalue weighted by Crippen LogP contribution is -2.36. The molecule has 1 nitrogen and oxygen atoms in total. The first-order valence-corrected chi connectivity index (χ1v) is 6.63. The maximum absolute atomic E-state index is 3.78. The molecule has 1 N–H and O–H groups in total. The zero-order valence-corrected chi connectivity index (χ0v) is 9.60. The van der Waals surface area contributed by atoms with Crippen molar-refractivity contribution < 1.29 is 0 Å². The Morgan fingerprint density at radius 2 is 1.86 bits per heavy atom. The first-order valence-electron chi connectivity index (χ1n) is 6.63. The summed E-state index contributed by atoms with van der Waals surface area (Å²) in [5.74, 6) is 2.10. The minimum absolute atomic E-state index is 0.866. The molecule has 1 heteroatoms. The van der Waals surface area contributed by atoms with Gasteiger partial charge in [0.1, 0.15) is 0 Å². The average Bonchev–Trinajstić information content (AvgIpc) is 2.84. The van der Waals surface area contributed by atoms with Gasteiger partial charge in [0.05, 0.1) is 0 Å². The molecule has 82 valence electrons. The Kier molecular flexibility index (Phi) is 3.86. The Labute approximate surface area is 88.7 Å². The molecule has 2 aliphatic carbocycles. The fraction of sp³-hybridized carbons (Fsp3) is 1.00. The average molecular weight is 195 g/mol. The quantitative estimate of drug-likeness (QED) is 0.685. The van der Waals surface area contributed by atoms with E-state index in [-0.39, 0.29) is 0 Å². The molecule has 0 aromatic heterocycles. The summed E-state index contributed by atoms with van der Waals surface area (Å²) in [7, 11) is 0. The second kappa shape index (κ2) is 5.16. The normalized spacial score (nSPS) is 25.5. The van der Waals surface area contributed by atoms with Crippen LogP contribution in [0.2, 0.25) is 0 Å². The Balaban J connectivity index is 1.76. The lowest BCUT2D eigenvalue weighted by atomic mass is 9.93. The number of rotatable bonds is 6. The van der Waals surface area contributed by atoms with Gasteiger partial charge in [-0.3, -0.25) is 0 Å². The number of hydrogen-bond donors (Lipinski definition) is 1. The van der Waals surface area contributed by atoms with Crippen LogP contribution in [0.15, 0.2) is 0 Å². The van der Waals surface area contributed by atoms with E-state index in [1.54, 1.807) is 0 Å². The summed E-state index contributed by atoms with van der Waals surface area (Å²) in [5, 5.41) is 3.78. The summed E-state index contributed by atoms with van der Waals surface area (Å²) in [6.45, 7) is 3.50. The van der Waals surface area contributed by atoms with E-state index >= 15 is 0 Å². The molecule has 14 heavy (non-hydrogen) atoms. The van der Waals surface area contributed by atoms with Crippen LogP contribution in [-0.4, -0.2) is 12.6 Å². The largest absolute Gasteiger partial charge is 0.314 e. The van der Waals surface area contributed by atoms with Crippen molar-refractivity contribution in [1.82, 2.24) is 5.32 Å². The Morgan fingerprint density at radius 3 is 2.43 bits per heavy atom. The first-order chi connectivity index (χ1) is 6.90. The summed E-state index contributed by atoms with van der Waals surface area (Å²) >= 11 is 0. The number of nitrogens with one attached hydrogen (secondary N) is 1. The van der Waals surface area contributed by atoms with Gasteiger partial charge >= 0.3 is 0 Å². The van der Waals surface area contributed by atoms with Crippen LogP contribution in [0.3, 0.4) is 0 Å². The summed E-state index contributed by atoms with van der Waals surface area (Å²) in [4.78, 5) is 0. The molecular formula is C13H25N. The SMILES string of the molecule is CCCNC(CC1CC1)C1CCCC1. The smallest absolute Gasteiger partial charge is 0.00979 e. The molecule has 0 aromatic rings. The van der Waals surface area contributed by atoms with Crippen LogP contribution < -0.4 is 5.32 Å². The summed E-state index contributed by atoms with van der Waals surface area (Å²) in [6, 6.07) is 0.866. The molecule has 1 atom stereocenters. The standard InChI is InChI=1S/C13H25N/c1-2-9-14-13(10-11-7-8-11)12-5-3-4-6-12/h11-14H,2-10H2,1H3. The molecule has 0 spiro atoms. The van der Waals surface area contributed by atoms with E-state index in [1.165, 1.54) is 57.9 Å². The molecule has 2 fully saturated rings. The third-order valence-electron chi connectivity index (χ3n) is 3.91. The van der Waals surface area contributed by atoms with Crippen LogP contribution in [-0.2, 0) is 0 Å². The van der Waals surface area contributed by atoms with E-state index in [2.05, 4.69) is 12.2 Å². The predicted molar refractivity (Wildman–Crippen MR) is 61.4 cm³/mol. The lowest BCUT2D eigenvalue weighted by molar-refractivity contribution is 0.328. The highest BCUT2D eigenvalue weighted by molar-refractivity contribution is 4.86. The molecule has 0 amide bonds. The zero-order chi connectivity index (χ0) is 9.80. The van der Waals surface area contributed by atoms with Crippen molar-refractivity contribution in [3.05, 3.63) is 0 Å². The fourth-order valence-electron chi connectivity index (χ4n) is 2.84. The fourth-order valence-corrected chi connectivity index (χ4v) is 2.84. The molecule has 2 rings (SSSR count). The van der Waals surface area contributed by atoms with Gasteiger partial charge < -0.3 is 5.32 Å². The van der Waals surface area contributed by atoms with Crippen LogP contribution in [0.1, 0.15) is 58.3 Å². The summed E-state index contributed by atoms with van der Waals surface area (Å²) < 4.78 is 0.